The molecule has 5 aliphatic rings. The van der Waals surface area contributed by atoms with E-state index in [0.29, 0.717) is 18.4 Å². The zero-order valence-electron chi connectivity index (χ0n) is 17.1. The first-order chi connectivity index (χ1) is 13.6. The van der Waals surface area contributed by atoms with Gasteiger partial charge in [-0.2, -0.15) is 0 Å². The number of aliphatic hydroxyl groups excluding tert-OH is 1. The van der Waals surface area contributed by atoms with Gasteiger partial charge in [-0.05, 0) is 43.8 Å². The molecule has 0 aliphatic heterocycles. The number of fused-ring (bicyclic) bond motifs is 1. The minimum atomic E-state index is -1.40. The van der Waals surface area contributed by atoms with Crippen molar-refractivity contribution < 1.29 is 29.1 Å². The van der Waals surface area contributed by atoms with Crippen LogP contribution in [-0.4, -0.2) is 70.4 Å². The van der Waals surface area contributed by atoms with Gasteiger partial charge in [-0.3, -0.25) is 14.4 Å². The highest BCUT2D eigenvalue weighted by molar-refractivity contribution is 6.44. The van der Waals surface area contributed by atoms with Gasteiger partial charge in [0.2, 0.25) is 11.6 Å². The van der Waals surface area contributed by atoms with E-state index in [9.17, 15) is 24.6 Å². The summed E-state index contributed by atoms with van der Waals surface area (Å²) in [6.45, 7) is 1.04. The van der Waals surface area contributed by atoms with Crippen molar-refractivity contribution in [1.82, 2.24) is 0 Å². The van der Waals surface area contributed by atoms with Gasteiger partial charge in [0.25, 0.3) is 0 Å². The summed E-state index contributed by atoms with van der Waals surface area (Å²) in [5, 5.41) is 22.5. The number of aliphatic hydroxyl groups is 2. The zero-order chi connectivity index (χ0) is 20.8. The second-order valence-corrected chi connectivity index (χ2v) is 10.5. The monoisotopic (exact) mass is 400 g/mol. The summed E-state index contributed by atoms with van der Waals surface area (Å²) in [5.41, 5.74) is -2.13. The van der Waals surface area contributed by atoms with Gasteiger partial charge in [-0.15, -0.1) is 0 Å². The van der Waals surface area contributed by atoms with Crippen molar-refractivity contribution in [3.8, 4) is 0 Å². The highest BCUT2D eigenvalue weighted by atomic mass is 16.3. The number of rotatable bonds is 3. The zero-order valence-corrected chi connectivity index (χ0v) is 17.1. The largest absolute Gasteiger partial charge is 0.388 e. The second kappa shape index (κ2) is 5.96. The predicted octanol–water partition coefficient (Wildman–Crippen LogP) is 0.957. The maximum Gasteiger partial charge on any atom is 0.222 e. The Kier molecular flexibility index (Phi) is 3.97. The molecule has 6 atom stereocenters. The number of hydrogen-bond donors (Lipinski definition) is 2. The van der Waals surface area contributed by atoms with E-state index in [0.717, 1.165) is 16.9 Å². The minimum Gasteiger partial charge on any atom is -0.388 e. The van der Waals surface area contributed by atoms with Gasteiger partial charge in [0.1, 0.15) is 6.10 Å². The molecule has 2 bridgehead atoms. The summed E-state index contributed by atoms with van der Waals surface area (Å²) in [7, 11) is 4.41. The molecule has 6 nitrogen and oxygen atoms in total. The number of quaternary nitrogens is 1. The number of ketones is 3. The van der Waals surface area contributed by atoms with Gasteiger partial charge in [0, 0.05) is 12.3 Å². The van der Waals surface area contributed by atoms with Gasteiger partial charge in [0.15, 0.2) is 5.78 Å². The average Bonchev–Trinajstić information content (AvgIpc) is 3.45. The molecule has 0 amide bonds. The van der Waals surface area contributed by atoms with Gasteiger partial charge >= 0.3 is 0 Å². The Morgan fingerprint density at radius 2 is 1.79 bits per heavy atom. The lowest BCUT2D eigenvalue weighted by molar-refractivity contribution is -0.922. The topological polar surface area (TPSA) is 91.7 Å². The Balaban J connectivity index is 1.68. The maximum atomic E-state index is 13.4. The predicted molar refractivity (Wildman–Crippen MR) is 105 cm³/mol. The number of hydrogen-bond acceptors (Lipinski definition) is 5. The van der Waals surface area contributed by atoms with Gasteiger partial charge in [0.05, 0.1) is 49.5 Å². The molecule has 0 radical (unpaired) electrons. The summed E-state index contributed by atoms with van der Waals surface area (Å²) in [4.78, 5) is 38.6. The van der Waals surface area contributed by atoms with Crippen molar-refractivity contribution in [2.75, 3.05) is 20.6 Å². The van der Waals surface area contributed by atoms with Crippen LogP contribution in [-0.2, 0) is 14.4 Å². The third-order valence-corrected chi connectivity index (χ3v) is 8.57. The Morgan fingerprint density at radius 3 is 2.48 bits per heavy atom. The van der Waals surface area contributed by atoms with E-state index in [2.05, 4.69) is 14.1 Å². The number of allylic oxidation sites excluding steroid dienone is 3. The lowest BCUT2D eigenvalue weighted by Crippen LogP contribution is -2.75. The molecule has 29 heavy (non-hydrogen) atoms. The third-order valence-electron chi connectivity index (χ3n) is 8.57. The summed E-state index contributed by atoms with van der Waals surface area (Å²) in [6, 6.07) is 0.131. The Bertz CT molecular complexity index is 868. The third kappa shape index (κ3) is 2.42. The molecule has 2 N–H and O–H groups in total. The molecule has 0 heterocycles. The molecule has 5 rings (SSSR count). The second-order valence-electron chi connectivity index (χ2n) is 10.5. The summed E-state index contributed by atoms with van der Waals surface area (Å²) < 4.78 is 0.773. The Hall–Kier alpha value is -1.63. The normalized spacial score (nSPS) is 44.3. The first-order valence-corrected chi connectivity index (χ1v) is 10.9. The average molecular weight is 400 g/mol. The first kappa shape index (κ1) is 19.3. The fourth-order valence-electron chi connectivity index (χ4n) is 7.08. The standard InChI is InChI=1S/C23H30NO5/c1-24(2,12-13-3-4-13)16-7-9-22-19-14(5-6-17(25)20(19)27)11-15(16)23(22,29)10-8-18(26)21(22)28/h5-6,11,13,15-16,18-19,26,29H,3-4,7-10,12H2,1-2H3/q+1. The van der Waals surface area contributed by atoms with Crippen LogP contribution in [0.25, 0.3) is 0 Å². The van der Waals surface area contributed by atoms with Crippen LogP contribution in [0.3, 0.4) is 0 Å². The van der Waals surface area contributed by atoms with Crippen LogP contribution in [0.5, 0.6) is 0 Å². The van der Waals surface area contributed by atoms with E-state index in [-0.39, 0.29) is 24.8 Å². The molecule has 3 saturated carbocycles. The molecule has 6 heteroatoms. The van der Waals surface area contributed by atoms with Gasteiger partial charge in [-0.1, -0.05) is 12.2 Å². The van der Waals surface area contributed by atoms with E-state index in [1.54, 1.807) is 6.08 Å². The molecular weight excluding hydrogens is 370 g/mol. The highest BCUT2D eigenvalue weighted by Gasteiger charge is 2.74. The van der Waals surface area contributed by atoms with Crippen LogP contribution >= 0.6 is 0 Å². The fraction of sp³-hybridized carbons (Fsp3) is 0.696. The fourth-order valence-corrected chi connectivity index (χ4v) is 7.08. The molecule has 156 valence electrons. The summed E-state index contributed by atoms with van der Waals surface area (Å²) >= 11 is 0. The van der Waals surface area contributed by atoms with Crippen LogP contribution in [0.2, 0.25) is 0 Å². The number of nitrogens with zero attached hydrogens (tertiary/aromatic N) is 1. The van der Waals surface area contributed by atoms with Crippen LogP contribution in [0.15, 0.2) is 23.8 Å². The molecule has 0 spiro atoms. The lowest BCUT2D eigenvalue weighted by atomic mass is 9.41. The van der Waals surface area contributed by atoms with Crippen molar-refractivity contribution in [2.24, 2.45) is 23.2 Å². The number of carbonyl (C=O) groups excluding carboxylic acids is 3. The molecule has 0 saturated heterocycles. The smallest absolute Gasteiger partial charge is 0.222 e. The molecule has 0 aromatic heterocycles. The molecule has 0 aromatic rings. The molecular formula is C23H30NO5+. The van der Waals surface area contributed by atoms with Gasteiger partial charge < -0.3 is 14.7 Å². The van der Waals surface area contributed by atoms with E-state index in [1.165, 1.54) is 18.9 Å². The van der Waals surface area contributed by atoms with Crippen LogP contribution in [0.4, 0.5) is 0 Å². The van der Waals surface area contributed by atoms with E-state index in [4.69, 9.17) is 0 Å². The summed E-state index contributed by atoms with van der Waals surface area (Å²) in [6.07, 6.45) is 7.73. The van der Waals surface area contributed by atoms with Crippen LogP contribution in [0, 0.1) is 23.2 Å². The van der Waals surface area contributed by atoms with Crippen molar-refractivity contribution in [3.05, 3.63) is 23.8 Å². The van der Waals surface area contributed by atoms with Crippen molar-refractivity contribution >= 4 is 17.3 Å². The first-order valence-electron chi connectivity index (χ1n) is 10.9. The van der Waals surface area contributed by atoms with E-state index in [1.807, 2.05) is 6.08 Å². The van der Waals surface area contributed by atoms with E-state index >= 15 is 0 Å². The maximum absolute atomic E-state index is 13.4. The SMILES string of the molecule is C[N+](C)(CC1CC1)C1CCC23C(=O)C(O)CCC2(O)C1C=C1C=CC(=O)C(=O)C13. The molecule has 6 unspecified atom stereocenters. The molecule has 0 aromatic carbocycles. The minimum absolute atomic E-state index is 0.131. The molecule has 3 fully saturated rings. The lowest BCUT2D eigenvalue weighted by Gasteiger charge is -2.64. The van der Waals surface area contributed by atoms with Crippen molar-refractivity contribution in [3.63, 3.8) is 0 Å². The van der Waals surface area contributed by atoms with Gasteiger partial charge in [-0.25, -0.2) is 0 Å². The van der Waals surface area contributed by atoms with Crippen molar-refractivity contribution in [1.29, 1.82) is 0 Å². The highest BCUT2D eigenvalue weighted by Crippen LogP contribution is 2.64. The van der Waals surface area contributed by atoms with E-state index < -0.39 is 40.4 Å². The number of carbonyl (C=O) groups is 3. The Morgan fingerprint density at radius 1 is 1.07 bits per heavy atom. The number of Topliss-reactive ketones (excluding diaryl/α,β-unsaturated/α-hetero) is 2. The van der Waals surface area contributed by atoms with Crippen molar-refractivity contribution in [2.45, 2.75) is 56.3 Å². The van der Waals surface area contributed by atoms with Crippen LogP contribution in [0.1, 0.15) is 38.5 Å². The Labute approximate surface area is 170 Å². The van der Waals surface area contributed by atoms with Crippen LogP contribution < -0.4 is 0 Å². The summed E-state index contributed by atoms with van der Waals surface area (Å²) in [5.74, 6) is -2.22. The molecule has 5 aliphatic carbocycles. The quantitative estimate of drug-likeness (QED) is 0.544.